The minimum Gasteiger partial charge on any atom is -0.477 e. The number of nitrogens with one attached hydrogen (secondary N) is 1. The largest absolute Gasteiger partial charge is 0.477 e. The number of anilines is 1. The minimum absolute atomic E-state index is 0.197. The Hall–Kier alpha value is -2.60. The molecule has 1 unspecified atom stereocenters. The molecule has 3 rings (SSSR count). The highest BCUT2D eigenvalue weighted by molar-refractivity contribution is 5.87. The fourth-order valence-electron chi connectivity index (χ4n) is 3.29. The van der Waals surface area contributed by atoms with Crippen molar-refractivity contribution in [3.63, 3.8) is 0 Å². The number of aryl methyl sites for hydroxylation is 1. The van der Waals surface area contributed by atoms with Gasteiger partial charge in [-0.05, 0) is 31.5 Å². The first-order chi connectivity index (χ1) is 12.0. The van der Waals surface area contributed by atoms with Crippen LogP contribution in [0.1, 0.15) is 24.2 Å². The third kappa shape index (κ3) is 3.44. The zero-order chi connectivity index (χ0) is 18.0. The summed E-state index contributed by atoms with van der Waals surface area (Å²) in [6, 6.07) is 9.95. The normalized spacial score (nSPS) is 17.5. The second kappa shape index (κ2) is 7.11. The van der Waals surface area contributed by atoms with Crippen LogP contribution >= 0.6 is 0 Å². The van der Waals surface area contributed by atoms with Gasteiger partial charge >= 0.3 is 5.97 Å². The van der Waals surface area contributed by atoms with Crippen molar-refractivity contribution in [2.75, 3.05) is 24.5 Å². The van der Waals surface area contributed by atoms with E-state index in [0.717, 1.165) is 36.6 Å². The van der Waals surface area contributed by atoms with Crippen LogP contribution in [0.2, 0.25) is 0 Å². The molecule has 6 nitrogen and oxygen atoms in total. The van der Waals surface area contributed by atoms with E-state index in [-0.39, 0.29) is 5.56 Å². The van der Waals surface area contributed by atoms with Crippen LogP contribution in [-0.2, 0) is 6.54 Å². The Morgan fingerprint density at radius 1 is 1.32 bits per heavy atom. The number of pyridine rings is 1. The van der Waals surface area contributed by atoms with Crippen LogP contribution in [-0.4, -0.2) is 41.3 Å². The molecule has 0 bridgehead atoms. The van der Waals surface area contributed by atoms with E-state index in [4.69, 9.17) is 5.11 Å². The van der Waals surface area contributed by atoms with Crippen molar-refractivity contribution in [3.8, 4) is 11.3 Å². The Morgan fingerprint density at radius 3 is 2.64 bits per heavy atom. The standard InChI is InChI=1S/C19H23N3O3/c1-3-21-12-16(19(24)25)18(23)10-17(21)14-4-6-15(7-5-14)22-9-8-20-11-13(22)2/h4-7,10,12-13,20H,3,8-9,11H2,1-2H3,(H,24,25). The summed E-state index contributed by atoms with van der Waals surface area (Å²) in [6.07, 6.45) is 1.42. The number of nitrogens with zero attached hydrogens (tertiary/aromatic N) is 2. The number of aromatic nitrogens is 1. The lowest BCUT2D eigenvalue weighted by Crippen LogP contribution is -2.49. The van der Waals surface area contributed by atoms with Crippen molar-refractivity contribution >= 4 is 11.7 Å². The fourth-order valence-corrected chi connectivity index (χ4v) is 3.29. The molecule has 0 amide bonds. The van der Waals surface area contributed by atoms with E-state index in [1.807, 2.05) is 19.1 Å². The second-order valence-corrected chi connectivity index (χ2v) is 6.32. The molecule has 0 aliphatic carbocycles. The van der Waals surface area contributed by atoms with Gasteiger partial charge < -0.3 is 19.9 Å². The zero-order valence-corrected chi connectivity index (χ0v) is 14.5. The lowest BCUT2D eigenvalue weighted by molar-refractivity contribution is 0.0694. The lowest BCUT2D eigenvalue weighted by atomic mass is 10.1. The van der Waals surface area contributed by atoms with E-state index in [9.17, 15) is 9.59 Å². The number of benzene rings is 1. The molecule has 1 atom stereocenters. The summed E-state index contributed by atoms with van der Waals surface area (Å²) in [5.74, 6) is -1.19. The quantitative estimate of drug-likeness (QED) is 0.890. The van der Waals surface area contributed by atoms with Gasteiger partial charge in [0.05, 0.1) is 5.69 Å². The number of rotatable bonds is 4. The summed E-state index contributed by atoms with van der Waals surface area (Å²) in [5, 5.41) is 12.5. The molecule has 6 heteroatoms. The predicted octanol–water partition coefficient (Wildman–Crippen LogP) is 2.03. The first-order valence-electron chi connectivity index (χ1n) is 8.57. The summed E-state index contributed by atoms with van der Waals surface area (Å²) >= 11 is 0. The average Bonchev–Trinajstić information content (AvgIpc) is 2.62. The molecule has 0 spiro atoms. The summed E-state index contributed by atoms with van der Waals surface area (Å²) in [7, 11) is 0. The van der Waals surface area contributed by atoms with Crippen molar-refractivity contribution in [2.24, 2.45) is 0 Å². The Labute approximate surface area is 146 Å². The van der Waals surface area contributed by atoms with Gasteiger partial charge in [0.1, 0.15) is 5.56 Å². The monoisotopic (exact) mass is 341 g/mol. The zero-order valence-electron chi connectivity index (χ0n) is 14.5. The van der Waals surface area contributed by atoms with Crippen molar-refractivity contribution in [1.29, 1.82) is 0 Å². The van der Waals surface area contributed by atoms with Crippen LogP contribution in [0.5, 0.6) is 0 Å². The Bertz CT molecular complexity index is 827. The number of hydrogen-bond donors (Lipinski definition) is 2. The van der Waals surface area contributed by atoms with E-state index in [0.29, 0.717) is 12.6 Å². The minimum atomic E-state index is -1.19. The third-order valence-corrected chi connectivity index (χ3v) is 4.69. The van der Waals surface area contributed by atoms with Crippen LogP contribution in [0.15, 0.2) is 41.3 Å². The fraction of sp³-hybridized carbons (Fsp3) is 0.368. The highest BCUT2D eigenvalue weighted by atomic mass is 16.4. The molecule has 2 N–H and O–H groups in total. The van der Waals surface area contributed by atoms with Crippen molar-refractivity contribution in [3.05, 3.63) is 52.3 Å². The van der Waals surface area contributed by atoms with Crippen LogP contribution in [0.25, 0.3) is 11.3 Å². The highest BCUT2D eigenvalue weighted by Gasteiger charge is 2.18. The molecule has 1 aromatic carbocycles. The lowest BCUT2D eigenvalue weighted by Gasteiger charge is -2.36. The van der Waals surface area contributed by atoms with E-state index in [1.165, 1.54) is 12.3 Å². The molecule has 0 radical (unpaired) electrons. The SMILES string of the molecule is CCn1cc(C(=O)O)c(=O)cc1-c1ccc(N2CCNCC2C)cc1. The summed E-state index contributed by atoms with van der Waals surface area (Å²) in [6.45, 7) is 7.61. The first kappa shape index (κ1) is 17.2. The molecule has 2 heterocycles. The number of carbonyl (C=O) groups is 1. The predicted molar refractivity (Wildman–Crippen MR) is 98.4 cm³/mol. The van der Waals surface area contributed by atoms with Gasteiger partial charge in [0.2, 0.25) is 0 Å². The van der Waals surface area contributed by atoms with Gasteiger partial charge in [0.25, 0.3) is 0 Å². The Morgan fingerprint density at radius 2 is 2.04 bits per heavy atom. The molecule has 1 aliphatic heterocycles. The van der Waals surface area contributed by atoms with Gasteiger partial charge in [0, 0.05) is 50.2 Å². The number of aromatic carboxylic acids is 1. The van der Waals surface area contributed by atoms with Crippen LogP contribution in [0.4, 0.5) is 5.69 Å². The Balaban J connectivity index is 1.96. The van der Waals surface area contributed by atoms with E-state index < -0.39 is 11.4 Å². The van der Waals surface area contributed by atoms with Crippen molar-refractivity contribution < 1.29 is 9.90 Å². The third-order valence-electron chi connectivity index (χ3n) is 4.69. The molecule has 0 saturated carbocycles. The molecule has 1 aromatic heterocycles. The van der Waals surface area contributed by atoms with Gasteiger partial charge in [-0.3, -0.25) is 4.79 Å². The maximum Gasteiger partial charge on any atom is 0.341 e. The maximum absolute atomic E-state index is 12.1. The molecule has 2 aromatic rings. The molecular formula is C19H23N3O3. The molecule has 1 fully saturated rings. The topological polar surface area (TPSA) is 74.6 Å². The second-order valence-electron chi connectivity index (χ2n) is 6.32. The smallest absolute Gasteiger partial charge is 0.341 e. The van der Waals surface area contributed by atoms with E-state index in [1.54, 1.807) is 4.57 Å². The summed E-state index contributed by atoms with van der Waals surface area (Å²) in [5.41, 5.74) is 2.13. The molecule has 25 heavy (non-hydrogen) atoms. The van der Waals surface area contributed by atoms with Crippen molar-refractivity contribution in [2.45, 2.75) is 26.4 Å². The first-order valence-corrected chi connectivity index (χ1v) is 8.57. The Kier molecular flexibility index (Phi) is 4.90. The number of carboxylic acid groups (broad SMARTS) is 1. The van der Waals surface area contributed by atoms with E-state index >= 15 is 0 Å². The van der Waals surface area contributed by atoms with E-state index in [2.05, 4.69) is 29.3 Å². The maximum atomic E-state index is 12.1. The summed E-state index contributed by atoms with van der Waals surface area (Å²) in [4.78, 5) is 25.6. The molecule has 132 valence electrons. The van der Waals surface area contributed by atoms with Crippen LogP contribution < -0.4 is 15.6 Å². The van der Waals surface area contributed by atoms with Gasteiger partial charge in [-0.15, -0.1) is 0 Å². The summed E-state index contributed by atoms with van der Waals surface area (Å²) < 4.78 is 1.80. The van der Waals surface area contributed by atoms with Crippen LogP contribution in [0, 0.1) is 0 Å². The average molecular weight is 341 g/mol. The number of piperazine rings is 1. The van der Waals surface area contributed by atoms with Gasteiger partial charge in [-0.1, -0.05) is 12.1 Å². The van der Waals surface area contributed by atoms with Crippen LogP contribution in [0.3, 0.4) is 0 Å². The van der Waals surface area contributed by atoms with Crippen molar-refractivity contribution in [1.82, 2.24) is 9.88 Å². The van der Waals surface area contributed by atoms with Gasteiger partial charge in [0.15, 0.2) is 5.43 Å². The van der Waals surface area contributed by atoms with Gasteiger partial charge in [-0.25, -0.2) is 4.79 Å². The molecule has 1 saturated heterocycles. The van der Waals surface area contributed by atoms with Gasteiger partial charge in [-0.2, -0.15) is 0 Å². The highest BCUT2D eigenvalue weighted by Crippen LogP contribution is 2.24. The number of hydrogen-bond acceptors (Lipinski definition) is 4. The molecular weight excluding hydrogens is 318 g/mol. The number of carboxylic acids is 1. The molecule has 1 aliphatic rings.